The molecular weight excluding hydrogens is 310 g/mol. The molecule has 106 valence electrons. The summed E-state index contributed by atoms with van der Waals surface area (Å²) in [6, 6.07) is 8.74. The van der Waals surface area contributed by atoms with Gasteiger partial charge >= 0.3 is 0 Å². The van der Waals surface area contributed by atoms with Crippen LogP contribution in [0, 0.1) is 0 Å². The molecule has 0 unspecified atom stereocenters. The van der Waals surface area contributed by atoms with Crippen molar-refractivity contribution in [2.45, 2.75) is 0 Å². The molecule has 0 spiro atoms. The van der Waals surface area contributed by atoms with Gasteiger partial charge in [0.05, 0.1) is 15.8 Å². The highest BCUT2D eigenvalue weighted by Gasteiger charge is 2.13. The van der Waals surface area contributed by atoms with Crippen molar-refractivity contribution >= 4 is 38.9 Å². The monoisotopic (exact) mass is 319 g/mol. The molecule has 0 atom stereocenters. The third-order valence-electron chi connectivity index (χ3n) is 2.81. The van der Waals surface area contributed by atoms with E-state index in [0.29, 0.717) is 21.4 Å². The normalized spacial score (nSPS) is 10.6. The first-order valence-electron chi connectivity index (χ1n) is 5.99. The van der Waals surface area contributed by atoms with Gasteiger partial charge in [-0.2, -0.15) is 0 Å². The first-order chi connectivity index (χ1) is 10.2. The summed E-state index contributed by atoms with van der Waals surface area (Å²) in [5.74, 6) is 6.02. The molecule has 0 aliphatic rings. The zero-order valence-corrected chi connectivity index (χ0v) is 12.2. The van der Waals surface area contributed by atoms with Crippen LogP contribution in [0.4, 0.5) is 0 Å². The summed E-state index contributed by atoms with van der Waals surface area (Å²) in [6.45, 7) is 0. The number of thiophene rings is 1. The van der Waals surface area contributed by atoms with Crippen LogP contribution in [0.1, 0.15) is 9.67 Å². The van der Waals surface area contributed by atoms with E-state index in [0.717, 1.165) is 10.1 Å². The maximum atomic E-state index is 11.6. The van der Waals surface area contributed by atoms with Gasteiger partial charge < -0.3 is 4.74 Å². The lowest BCUT2D eigenvalue weighted by atomic mass is 10.3. The predicted octanol–water partition coefficient (Wildman–Crippen LogP) is 3.35. The molecule has 0 saturated carbocycles. The molecular formula is C14H10ClN3O2S. The van der Waals surface area contributed by atoms with Crippen molar-refractivity contribution in [2.75, 3.05) is 0 Å². The first-order valence-corrected chi connectivity index (χ1v) is 7.19. The fourth-order valence-electron chi connectivity index (χ4n) is 1.83. The van der Waals surface area contributed by atoms with Gasteiger partial charge in [0.1, 0.15) is 5.75 Å². The third-order valence-corrected chi connectivity index (χ3v) is 4.13. The number of nitrogens with one attached hydrogen (secondary N) is 1. The van der Waals surface area contributed by atoms with Gasteiger partial charge in [-0.3, -0.25) is 15.2 Å². The minimum Gasteiger partial charge on any atom is -0.455 e. The molecule has 0 fully saturated rings. The molecule has 2 aromatic heterocycles. The molecule has 7 heteroatoms. The van der Waals surface area contributed by atoms with Gasteiger partial charge in [0.2, 0.25) is 0 Å². The number of halogens is 1. The van der Waals surface area contributed by atoms with Crippen molar-refractivity contribution in [2.24, 2.45) is 5.84 Å². The number of aromatic nitrogens is 1. The van der Waals surface area contributed by atoms with Crippen LogP contribution in [0.5, 0.6) is 11.5 Å². The van der Waals surface area contributed by atoms with Crippen molar-refractivity contribution < 1.29 is 9.53 Å². The van der Waals surface area contributed by atoms with Crippen LogP contribution < -0.4 is 16.0 Å². The topological polar surface area (TPSA) is 77.2 Å². The van der Waals surface area contributed by atoms with E-state index < -0.39 is 0 Å². The Morgan fingerprint density at radius 1 is 1.29 bits per heavy atom. The second-order valence-corrected chi connectivity index (χ2v) is 5.71. The summed E-state index contributed by atoms with van der Waals surface area (Å²) in [7, 11) is 0. The lowest BCUT2D eigenvalue weighted by Crippen LogP contribution is -2.29. The van der Waals surface area contributed by atoms with E-state index in [1.54, 1.807) is 42.7 Å². The molecule has 0 bridgehead atoms. The Morgan fingerprint density at radius 3 is 2.76 bits per heavy atom. The Morgan fingerprint density at radius 2 is 2.05 bits per heavy atom. The SMILES string of the molecule is NNC(=O)c1cc2c(Oc3ccc(Cl)cc3)cncc2s1. The Hall–Kier alpha value is -2.15. The number of nitrogens with zero attached hydrogens (tertiary/aromatic N) is 1. The van der Waals surface area contributed by atoms with Crippen LogP contribution >= 0.6 is 22.9 Å². The Bertz CT molecular complexity index is 802. The number of carbonyl (C=O) groups excluding carboxylic acids is 1. The molecule has 1 amide bonds. The van der Waals surface area contributed by atoms with Gasteiger partial charge in [0.15, 0.2) is 5.75 Å². The molecule has 2 heterocycles. The number of hydrogen-bond acceptors (Lipinski definition) is 5. The number of carbonyl (C=O) groups is 1. The highest BCUT2D eigenvalue weighted by Crippen LogP contribution is 2.34. The molecule has 5 nitrogen and oxygen atoms in total. The standard InChI is InChI=1S/C14H10ClN3O2S/c15-8-1-3-9(4-2-8)20-11-6-17-7-13-10(11)5-12(21-13)14(19)18-16/h1-7H,16H2,(H,18,19). The zero-order valence-electron chi connectivity index (χ0n) is 10.7. The highest BCUT2D eigenvalue weighted by atomic mass is 35.5. The molecule has 0 aliphatic heterocycles. The average Bonchev–Trinajstić information content (AvgIpc) is 2.94. The van der Waals surface area contributed by atoms with Crippen LogP contribution in [0.15, 0.2) is 42.7 Å². The quantitative estimate of drug-likeness (QED) is 0.441. The molecule has 0 aliphatic carbocycles. The van der Waals surface area contributed by atoms with Crippen molar-refractivity contribution in [1.29, 1.82) is 0 Å². The van der Waals surface area contributed by atoms with Crippen molar-refractivity contribution in [3.8, 4) is 11.5 Å². The van der Waals surface area contributed by atoms with Crippen molar-refractivity contribution in [3.05, 3.63) is 52.6 Å². The number of hydrogen-bond donors (Lipinski definition) is 2. The number of hydrazine groups is 1. The molecule has 21 heavy (non-hydrogen) atoms. The predicted molar refractivity (Wildman–Crippen MR) is 82.8 cm³/mol. The molecule has 0 radical (unpaired) electrons. The Kier molecular flexibility index (Phi) is 3.74. The first kappa shape index (κ1) is 13.8. The van der Waals surface area contributed by atoms with Crippen LogP contribution in [0.25, 0.3) is 10.1 Å². The summed E-state index contributed by atoms with van der Waals surface area (Å²) in [4.78, 5) is 16.2. The van der Waals surface area contributed by atoms with Crippen LogP contribution in [0.2, 0.25) is 5.02 Å². The van der Waals surface area contributed by atoms with Gasteiger partial charge in [-0.1, -0.05) is 11.6 Å². The smallest absolute Gasteiger partial charge is 0.275 e. The van der Waals surface area contributed by atoms with Gasteiger partial charge in [-0.15, -0.1) is 11.3 Å². The largest absolute Gasteiger partial charge is 0.455 e. The Balaban J connectivity index is 2.00. The van der Waals surface area contributed by atoms with Crippen molar-refractivity contribution in [3.63, 3.8) is 0 Å². The van der Waals surface area contributed by atoms with Gasteiger partial charge in [0.25, 0.3) is 5.91 Å². The van der Waals surface area contributed by atoms with Crippen molar-refractivity contribution in [1.82, 2.24) is 10.4 Å². The van der Waals surface area contributed by atoms with E-state index in [2.05, 4.69) is 10.4 Å². The average molecular weight is 320 g/mol. The lowest BCUT2D eigenvalue weighted by molar-refractivity contribution is 0.0958. The number of nitrogen functional groups attached to an aromatic ring is 1. The maximum Gasteiger partial charge on any atom is 0.275 e. The summed E-state index contributed by atoms with van der Waals surface area (Å²) in [5, 5.41) is 1.44. The van der Waals surface area contributed by atoms with Gasteiger partial charge in [0, 0.05) is 16.6 Å². The number of pyridine rings is 1. The minimum atomic E-state index is -0.339. The molecule has 3 aromatic rings. The number of amides is 1. The lowest BCUT2D eigenvalue weighted by Gasteiger charge is -2.06. The summed E-state index contributed by atoms with van der Waals surface area (Å²) < 4.78 is 6.64. The van der Waals surface area contributed by atoms with E-state index in [1.165, 1.54) is 11.3 Å². The summed E-state index contributed by atoms with van der Waals surface area (Å²) >= 11 is 7.14. The van der Waals surface area contributed by atoms with E-state index in [9.17, 15) is 4.79 Å². The number of rotatable bonds is 3. The fraction of sp³-hybridized carbons (Fsp3) is 0. The van der Waals surface area contributed by atoms with E-state index in [1.807, 2.05) is 0 Å². The summed E-state index contributed by atoms with van der Waals surface area (Å²) in [5.41, 5.74) is 2.11. The third kappa shape index (κ3) is 2.82. The minimum absolute atomic E-state index is 0.339. The van der Waals surface area contributed by atoms with E-state index >= 15 is 0 Å². The van der Waals surface area contributed by atoms with Crippen LogP contribution in [-0.4, -0.2) is 10.9 Å². The second-order valence-electron chi connectivity index (χ2n) is 4.19. The molecule has 3 rings (SSSR count). The Labute approximate surface area is 129 Å². The van der Waals surface area contributed by atoms with Gasteiger partial charge in [-0.25, -0.2) is 5.84 Å². The number of fused-ring (bicyclic) bond motifs is 1. The molecule has 0 saturated heterocycles. The molecule has 1 aromatic carbocycles. The fourth-order valence-corrected chi connectivity index (χ4v) is 2.90. The zero-order chi connectivity index (χ0) is 14.8. The maximum absolute atomic E-state index is 11.6. The second kappa shape index (κ2) is 5.69. The highest BCUT2D eigenvalue weighted by molar-refractivity contribution is 7.20. The van der Waals surface area contributed by atoms with E-state index in [-0.39, 0.29) is 5.91 Å². The van der Waals surface area contributed by atoms with E-state index in [4.69, 9.17) is 22.2 Å². The summed E-state index contributed by atoms with van der Waals surface area (Å²) in [6.07, 6.45) is 3.29. The number of nitrogens with two attached hydrogens (primary N) is 1. The van der Waals surface area contributed by atoms with Crippen LogP contribution in [0.3, 0.4) is 0 Å². The van der Waals surface area contributed by atoms with Gasteiger partial charge in [-0.05, 0) is 30.3 Å². The van der Waals surface area contributed by atoms with Crippen LogP contribution in [-0.2, 0) is 0 Å². The molecule has 3 N–H and O–H groups in total. The number of benzene rings is 1. The number of ether oxygens (including phenoxy) is 1.